The van der Waals surface area contributed by atoms with E-state index < -0.39 is 0 Å². The molecule has 0 saturated carbocycles. The number of hydrogen-bond donors (Lipinski definition) is 1. The normalized spacial score (nSPS) is 10.9. The van der Waals surface area contributed by atoms with Gasteiger partial charge in [0, 0.05) is 28.0 Å². The Morgan fingerprint density at radius 3 is 2.62 bits per heavy atom. The summed E-state index contributed by atoms with van der Waals surface area (Å²) >= 11 is 12.3. The SMILES string of the molecule is CNc1nc(-c2cccc(Cl)c2C)nc2cc(Cl)ccc12. The number of nitrogens with zero attached hydrogens (tertiary/aromatic N) is 2. The second-order valence-corrected chi connectivity index (χ2v) is 5.56. The van der Waals surface area contributed by atoms with E-state index in [1.807, 2.05) is 50.4 Å². The Balaban J connectivity index is 2.30. The van der Waals surface area contributed by atoms with E-state index in [9.17, 15) is 0 Å². The second-order valence-electron chi connectivity index (χ2n) is 4.72. The summed E-state index contributed by atoms with van der Waals surface area (Å²) in [5, 5.41) is 5.39. The number of rotatable bonds is 2. The second kappa shape index (κ2) is 5.51. The molecule has 0 atom stereocenters. The fraction of sp³-hybridized carbons (Fsp3) is 0.125. The lowest BCUT2D eigenvalue weighted by atomic mass is 10.1. The fourth-order valence-corrected chi connectivity index (χ4v) is 2.60. The molecule has 0 spiro atoms. The summed E-state index contributed by atoms with van der Waals surface area (Å²) in [7, 11) is 1.84. The maximum absolute atomic E-state index is 6.19. The summed E-state index contributed by atoms with van der Waals surface area (Å²) in [5.41, 5.74) is 2.68. The summed E-state index contributed by atoms with van der Waals surface area (Å²) in [6, 6.07) is 11.3. The van der Waals surface area contributed by atoms with Crippen molar-refractivity contribution < 1.29 is 0 Å². The molecule has 0 aliphatic carbocycles. The predicted octanol–water partition coefficient (Wildman–Crippen LogP) is 4.95. The molecule has 0 aliphatic rings. The molecular weight excluding hydrogens is 305 g/mol. The Morgan fingerprint density at radius 2 is 1.86 bits per heavy atom. The van der Waals surface area contributed by atoms with E-state index in [0.29, 0.717) is 15.9 Å². The van der Waals surface area contributed by atoms with E-state index >= 15 is 0 Å². The molecule has 1 aromatic heterocycles. The van der Waals surface area contributed by atoms with Crippen LogP contribution in [0, 0.1) is 6.92 Å². The first-order chi connectivity index (χ1) is 10.1. The molecule has 1 heterocycles. The molecule has 0 saturated heterocycles. The number of nitrogens with one attached hydrogen (secondary N) is 1. The Morgan fingerprint density at radius 1 is 1.05 bits per heavy atom. The summed E-state index contributed by atoms with van der Waals surface area (Å²) in [6.45, 7) is 1.96. The van der Waals surface area contributed by atoms with Crippen LogP contribution in [0.15, 0.2) is 36.4 Å². The van der Waals surface area contributed by atoms with E-state index in [-0.39, 0.29) is 0 Å². The number of anilines is 1. The van der Waals surface area contributed by atoms with Gasteiger partial charge in [-0.05, 0) is 36.8 Å². The molecule has 3 aromatic rings. The van der Waals surface area contributed by atoms with E-state index in [1.165, 1.54) is 0 Å². The highest BCUT2D eigenvalue weighted by molar-refractivity contribution is 6.32. The van der Waals surface area contributed by atoms with Crippen molar-refractivity contribution in [3.8, 4) is 11.4 Å². The van der Waals surface area contributed by atoms with E-state index in [2.05, 4.69) is 15.3 Å². The fourth-order valence-electron chi connectivity index (χ4n) is 2.26. The number of halogens is 2. The molecule has 0 radical (unpaired) electrons. The molecule has 0 bridgehead atoms. The summed E-state index contributed by atoms with van der Waals surface area (Å²) < 4.78 is 0. The van der Waals surface area contributed by atoms with Gasteiger partial charge in [-0.25, -0.2) is 9.97 Å². The van der Waals surface area contributed by atoms with Crippen LogP contribution < -0.4 is 5.32 Å². The standard InChI is InChI=1S/C16H13Cl2N3/c1-9-11(4-3-5-13(9)18)16-20-14-8-10(17)6-7-12(14)15(19-2)21-16/h3-8H,1-2H3,(H,19,20,21). The number of aromatic nitrogens is 2. The zero-order valence-corrected chi connectivity index (χ0v) is 13.1. The minimum Gasteiger partial charge on any atom is -0.373 e. The van der Waals surface area contributed by atoms with Crippen molar-refractivity contribution in [1.82, 2.24) is 9.97 Å². The topological polar surface area (TPSA) is 37.8 Å². The highest BCUT2D eigenvalue weighted by atomic mass is 35.5. The molecule has 0 amide bonds. The molecule has 5 heteroatoms. The monoisotopic (exact) mass is 317 g/mol. The highest BCUT2D eigenvalue weighted by Crippen LogP contribution is 2.30. The average molecular weight is 318 g/mol. The van der Waals surface area contributed by atoms with Crippen LogP contribution >= 0.6 is 23.2 Å². The molecule has 0 fully saturated rings. The summed E-state index contributed by atoms with van der Waals surface area (Å²) in [4.78, 5) is 9.22. The van der Waals surface area contributed by atoms with Gasteiger partial charge in [0.1, 0.15) is 5.82 Å². The van der Waals surface area contributed by atoms with Gasteiger partial charge in [-0.2, -0.15) is 0 Å². The molecule has 21 heavy (non-hydrogen) atoms. The quantitative estimate of drug-likeness (QED) is 0.726. The number of hydrogen-bond acceptors (Lipinski definition) is 3. The molecular formula is C16H13Cl2N3. The Labute approximate surface area is 132 Å². The van der Waals surface area contributed by atoms with Crippen LogP contribution in [0.1, 0.15) is 5.56 Å². The van der Waals surface area contributed by atoms with Gasteiger partial charge in [-0.3, -0.25) is 0 Å². The largest absolute Gasteiger partial charge is 0.373 e. The van der Waals surface area contributed by atoms with Crippen LogP contribution in [0.4, 0.5) is 5.82 Å². The van der Waals surface area contributed by atoms with Gasteiger partial charge in [0.2, 0.25) is 0 Å². The third-order valence-corrected chi connectivity index (χ3v) is 4.05. The minimum absolute atomic E-state index is 0.633. The van der Waals surface area contributed by atoms with Crippen LogP contribution in [0.5, 0.6) is 0 Å². The van der Waals surface area contributed by atoms with Crippen LogP contribution in [0.2, 0.25) is 10.0 Å². The molecule has 0 unspecified atom stereocenters. The first kappa shape index (κ1) is 14.1. The molecule has 3 rings (SSSR count). The van der Waals surface area contributed by atoms with Crippen molar-refractivity contribution in [2.24, 2.45) is 0 Å². The summed E-state index contributed by atoms with van der Waals surface area (Å²) in [5.74, 6) is 1.40. The molecule has 106 valence electrons. The highest BCUT2D eigenvalue weighted by Gasteiger charge is 2.12. The van der Waals surface area contributed by atoms with Gasteiger partial charge in [-0.15, -0.1) is 0 Å². The molecule has 1 N–H and O–H groups in total. The van der Waals surface area contributed by atoms with Gasteiger partial charge in [0.25, 0.3) is 0 Å². The number of fused-ring (bicyclic) bond motifs is 1. The van der Waals surface area contributed by atoms with Crippen LogP contribution in [-0.4, -0.2) is 17.0 Å². The van der Waals surface area contributed by atoms with Gasteiger partial charge in [-0.1, -0.05) is 35.3 Å². The van der Waals surface area contributed by atoms with Crippen LogP contribution in [0.25, 0.3) is 22.3 Å². The number of benzene rings is 2. The lowest BCUT2D eigenvalue weighted by Crippen LogP contribution is -1.99. The van der Waals surface area contributed by atoms with Crippen molar-refractivity contribution in [1.29, 1.82) is 0 Å². The maximum atomic E-state index is 6.19. The third kappa shape index (κ3) is 2.55. The van der Waals surface area contributed by atoms with Crippen molar-refractivity contribution in [3.63, 3.8) is 0 Å². The van der Waals surface area contributed by atoms with Crippen molar-refractivity contribution in [3.05, 3.63) is 52.0 Å². The van der Waals surface area contributed by atoms with Crippen molar-refractivity contribution in [2.45, 2.75) is 6.92 Å². The Hall–Kier alpha value is -1.84. The van der Waals surface area contributed by atoms with E-state index in [0.717, 1.165) is 27.8 Å². The van der Waals surface area contributed by atoms with Crippen LogP contribution in [0.3, 0.4) is 0 Å². The zero-order chi connectivity index (χ0) is 15.0. The van der Waals surface area contributed by atoms with Crippen molar-refractivity contribution >= 4 is 39.9 Å². The van der Waals surface area contributed by atoms with Gasteiger partial charge < -0.3 is 5.32 Å². The first-order valence-corrected chi connectivity index (χ1v) is 7.26. The molecule has 2 aromatic carbocycles. The molecule has 0 aliphatic heterocycles. The van der Waals surface area contributed by atoms with Gasteiger partial charge in [0.05, 0.1) is 5.52 Å². The lowest BCUT2D eigenvalue weighted by molar-refractivity contribution is 1.20. The lowest BCUT2D eigenvalue weighted by Gasteiger charge is -2.10. The van der Waals surface area contributed by atoms with Crippen molar-refractivity contribution in [2.75, 3.05) is 12.4 Å². The zero-order valence-electron chi connectivity index (χ0n) is 11.6. The van der Waals surface area contributed by atoms with Crippen LogP contribution in [-0.2, 0) is 0 Å². The average Bonchev–Trinajstić information content (AvgIpc) is 2.48. The van der Waals surface area contributed by atoms with Gasteiger partial charge >= 0.3 is 0 Å². The smallest absolute Gasteiger partial charge is 0.162 e. The Kier molecular flexibility index (Phi) is 3.70. The molecule has 3 nitrogen and oxygen atoms in total. The maximum Gasteiger partial charge on any atom is 0.162 e. The Bertz CT molecular complexity index is 831. The summed E-state index contributed by atoms with van der Waals surface area (Å²) in [6.07, 6.45) is 0. The van der Waals surface area contributed by atoms with E-state index in [1.54, 1.807) is 0 Å². The van der Waals surface area contributed by atoms with E-state index in [4.69, 9.17) is 23.2 Å². The third-order valence-electron chi connectivity index (χ3n) is 3.40. The minimum atomic E-state index is 0.633. The predicted molar refractivity (Wildman–Crippen MR) is 89.3 cm³/mol. The van der Waals surface area contributed by atoms with Gasteiger partial charge in [0.15, 0.2) is 5.82 Å². The first-order valence-electron chi connectivity index (χ1n) is 6.50.